The highest BCUT2D eigenvalue weighted by molar-refractivity contribution is 5.93. The third-order valence-electron chi connectivity index (χ3n) is 3.61. The summed E-state index contributed by atoms with van der Waals surface area (Å²) in [4.78, 5) is 57.1. The number of primary amides is 1. The summed E-state index contributed by atoms with van der Waals surface area (Å²) in [7, 11) is 0. The van der Waals surface area contributed by atoms with Gasteiger partial charge in [0, 0.05) is 6.42 Å². The largest absolute Gasteiger partial charge is 0.481 e. The topological polar surface area (TPSA) is 228 Å². The number of unbranched alkanes of at least 4 members (excludes halogenated alkanes) is 1. The van der Waals surface area contributed by atoms with E-state index in [1.54, 1.807) is 0 Å². The Balaban J connectivity index is 5.01. The van der Waals surface area contributed by atoms with E-state index in [4.69, 9.17) is 27.4 Å². The summed E-state index contributed by atoms with van der Waals surface area (Å²) in [6, 6.07) is -3.91. The second kappa shape index (κ2) is 12.6. The molecule has 0 aliphatic rings. The number of carboxylic acids is 2. The summed E-state index contributed by atoms with van der Waals surface area (Å²) < 4.78 is 0. The van der Waals surface area contributed by atoms with Crippen molar-refractivity contribution in [2.45, 2.75) is 56.7 Å². The zero-order chi connectivity index (χ0) is 21.0. The van der Waals surface area contributed by atoms with E-state index in [1.165, 1.54) is 0 Å². The maximum atomic E-state index is 12.3. The van der Waals surface area contributed by atoms with Crippen molar-refractivity contribution >= 4 is 29.7 Å². The minimum absolute atomic E-state index is 0.193. The molecular formula is C15H27N5O7. The van der Waals surface area contributed by atoms with Gasteiger partial charge in [-0.2, -0.15) is 0 Å². The molecule has 0 aromatic carbocycles. The summed E-state index contributed by atoms with van der Waals surface area (Å²) in [6.07, 6.45) is 0.296. The van der Waals surface area contributed by atoms with Gasteiger partial charge < -0.3 is 38.0 Å². The molecule has 0 aromatic heterocycles. The Bertz CT molecular complexity index is 555. The Morgan fingerprint density at radius 3 is 1.96 bits per heavy atom. The van der Waals surface area contributed by atoms with Crippen LogP contribution in [0.15, 0.2) is 0 Å². The first-order chi connectivity index (χ1) is 12.6. The standard InChI is InChI=1S/C15H27N5O7/c16-6-2-1-3-8(17)13(24)19-9(4-5-11(18)21)14(25)20-10(15(26)27)7-12(22)23/h8-10H,1-7,16-17H2,(H2,18,21)(H,19,24)(H,20,25)(H,22,23)(H,26,27). The van der Waals surface area contributed by atoms with Gasteiger partial charge in [0.05, 0.1) is 12.5 Å². The molecule has 3 unspecified atom stereocenters. The lowest BCUT2D eigenvalue weighted by Crippen LogP contribution is -2.54. The van der Waals surface area contributed by atoms with E-state index in [-0.39, 0.29) is 12.8 Å². The fraction of sp³-hybridized carbons (Fsp3) is 0.667. The van der Waals surface area contributed by atoms with E-state index < -0.39 is 54.2 Å². The third-order valence-corrected chi connectivity index (χ3v) is 3.61. The molecule has 12 nitrogen and oxygen atoms in total. The maximum absolute atomic E-state index is 12.3. The Morgan fingerprint density at radius 1 is 0.889 bits per heavy atom. The average molecular weight is 389 g/mol. The molecule has 0 rings (SSSR count). The summed E-state index contributed by atoms with van der Waals surface area (Å²) in [5, 5.41) is 22.1. The van der Waals surface area contributed by atoms with Crippen LogP contribution in [-0.2, 0) is 24.0 Å². The summed E-state index contributed by atoms with van der Waals surface area (Å²) in [5.41, 5.74) is 16.1. The molecule has 3 atom stereocenters. The van der Waals surface area contributed by atoms with Crippen LogP contribution in [0.25, 0.3) is 0 Å². The van der Waals surface area contributed by atoms with Crippen molar-refractivity contribution in [2.75, 3.05) is 6.54 Å². The van der Waals surface area contributed by atoms with Gasteiger partial charge in [0.15, 0.2) is 0 Å². The molecular weight excluding hydrogens is 362 g/mol. The van der Waals surface area contributed by atoms with Gasteiger partial charge in [-0.15, -0.1) is 0 Å². The molecule has 0 spiro atoms. The maximum Gasteiger partial charge on any atom is 0.326 e. The van der Waals surface area contributed by atoms with Gasteiger partial charge in [-0.05, 0) is 25.8 Å². The Kier molecular flexibility index (Phi) is 11.3. The molecule has 154 valence electrons. The van der Waals surface area contributed by atoms with Crippen molar-refractivity contribution in [1.29, 1.82) is 0 Å². The van der Waals surface area contributed by atoms with Gasteiger partial charge in [0.1, 0.15) is 12.1 Å². The van der Waals surface area contributed by atoms with Crippen LogP contribution >= 0.6 is 0 Å². The molecule has 10 N–H and O–H groups in total. The number of aliphatic carboxylic acids is 2. The minimum Gasteiger partial charge on any atom is -0.481 e. The van der Waals surface area contributed by atoms with Crippen LogP contribution in [-0.4, -0.2) is 64.5 Å². The fourth-order valence-corrected chi connectivity index (χ4v) is 2.12. The highest BCUT2D eigenvalue weighted by Crippen LogP contribution is 2.03. The van der Waals surface area contributed by atoms with E-state index in [0.29, 0.717) is 25.8 Å². The lowest BCUT2D eigenvalue weighted by Gasteiger charge is -2.22. The predicted molar refractivity (Wildman–Crippen MR) is 93.1 cm³/mol. The van der Waals surface area contributed by atoms with Gasteiger partial charge >= 0.3 is 11.9 Å². The van der Waals surface area contributed by atoms with Crippen molar-refractivity contribution in [2.24, 2.45) is 17.2 Å². The molecule has 12 heteroatoms. The molecule has 27 heavy (non-hydrogen) atoms. The number of nitrogens with one attached hydrogen (secondary N) is 2. The fourth-order valence-electron chi connectivity index (χ4n) is 2.12. The van der Waals surface area contributed by atoms with E-state index in [1.807, 2.05) is 5.32 Å². The van der Waals surface area contributed by atoms with Crippen LogP contribution in [0.1, 0.15) is 38.5 Å². The summed E-state index contributed by atoms with van der Waals surface area (Å²) >= 11 is 0. The Hall–Kier alpha value is -2.73. The number of hydrogen-bond donors (Lipinski definition) is 7. The average Bonchev–Trinajstić information content (AvgIpc) is 2.56. The molecule has 0 saturated carbocycles. The molecule has 0 saturated heterocycles. The molecule has 0 aromatic rings. The first-order valence-electron chi connectivity index (χ1n) is 8.37. The van der Waals surface area contributed by atoms with E-state index in [0.717, 1.165) is 0 Å². The predicted octanol–water partition coefficient (Wildman–Crippen LogP) is -2.76. The second-order valence-electron chi connectivity index (χ2n) is 5.95. The van der Waals surface area contributed by atoms with Gasteiger partial charge in [-0.25, -0.2) is 4.79 Å². The van der Waals surface area contributed by atoms with Crippen LogP contribution in [0.3, 0.4) is 0 Å². The van der Waals surface area contributed by atoms with Gasteiger partial charge in [0.25, 0.3) is 0 Å². The summed E-state index contributed by atoms with van der Waals surface area (Å²) in [6.45, 7) is 0.443. The zero-order valence-electron chi connectivity index (χ0n) is 14.8. The van der Waals surface area contributed by atoms with Gasteiger partial charge in [-0.1, -0.05) is 6.42 Å². The molecule has 0 heterocycles. The lowest BCUT2D eigenvalue weighted by molar-refractivity contribution is -0.147. The summed E-state index contributed by atoms with van der Waals surface area (Å²) in [5.74, 6) is -5.32. The number of hydrogen-bond acceptors (Lipinski definition) is 7. The molecule has 0 radical (unpaired) electrons. The SMILES string of the molecule is NCCCCC(N)C(=O)NC(CCC(N)=O)C(=O)NC(CC(=O)O)C(=O)O. The van der Waals surface area contributed by atoms with Gasteiger partial charge in [-0.3, -0.25) is 19.2 Å². The second-order valence-corrected chi connectivity index (χ2v) is 5.95. The van der Waals surface area contributed by atoms with Gasteiger partial charge in [0.2, 0.25) is 17.7 Å². The van der Waals surface area contributed by atoms with E-state index in [9.17, 15) is 24.0 Å². The number of amides is 3. The first-order valence-corrected chi connectivity index (χ1v) is 8.37. The minimum atomic E-state index is -1.69. The molecule has 0 bridgehead atoms. The van der Waals surface area contributed by atoms with E-state index in [2.05, 4.69) is 5.32 Å². The highest BCUT2D eigenvalue weighted by atomic mass is 16.4. The zero-order valence-corrected chi connectivity index (χ0v) is 14.8. The highest BCUT2D eigenvalue weighted by Gasteiger charge is 2.29. The van der Waals surface area contributed by atoms with Crippen LogP contribution in [0, 0.1) is 0 Å². The normalized spacial score (nSPS) is 13.9. The quantitative estimate of drug-likeness (QED) is 0.152. The van der Waals surface area contributed by atoms with Crippen LogP contribution in [0.4, 0.5) is 0 Å². The lowest BCUT2D eigenvalue weighted by atomic mass is 10.1. The van der Waals surface area contributed by atoms with Crippen molar-refractivity contribution in [3.8, 4) is 0 Å². The Labute approximate surface area is 155 Å². The number of rotatable bonds is 14. The number of carboxylic acid groups (broad SMARTS) is 2. The monoisotopic (exact) mass is 389 g/mol. The van der Waals surface area contributed by atoms with Crippen molar-refractivity contribution in [3.63, 3.8) is 0 Å². The third kappa shape index (κ3) is 10.8. The molecule has 0 aliphatic heterocycles. The van der Waals surface area contributed by atoms with Crippen molar-refractivity contribution in [3.05, 3.63) is 0 Å². The van der Waals surface area contributed by atoms with Crippen molar-refractivity contribution < 1.29 is 34.2 Å². The number of nitrogens with two attached hydrogens (primary N) is 3. The molecule has 3 amide bonds. The van der Waals surface area contributed by atoms with Crippen LogP contribution < -0.4 is 27.8 Å². The van der Waals surface area contributed by atoms with Crippen LogP contribution in [0.2, 0.25) is 0 Å². The smallest absolute Gasteiger partial charge is 0.326 e. The molecule has 0 aliphatic carbocycles. The number of carbonyl (C=O) groups excluding carboxylic acids is 3. The van der Waals surface area contributed by atoms with E-state index >= 15 is 0 Å². The molecule has 0 fully saturated rings. The van der Waals surface area contributed by atoms with Crippen molar-refractivity contribution in [1.82, 2.24) is 10.6 Å². The first kappa shape index (κ1) is 24.3. The van der Waals surface area contributed by atoms with Crippen LogP contribution in [0.5, 0.6) is 0 Å². The number of carbonyl (C=O) groups is 5. The Morgan fingerprint density at radius 2 is 1.48 bits per heavy atom.